The van der Waals surface area contributed by atoms with Gasteiger partial charge in [-0.05, 0) is 69.1 Å². The molecule has 1 aliphatic heterocycles. The number of carbonyl (C=O) groups excluding carboxylic acids is 2. The van der Waals surface area contributed by atoms with Crippen LogP contribution in [0, 0.1) is 56.3 Å². The summed E-state index contributed by atoms with van der Waals surface area (Å²) in [5, 5.41) is 5.57. The molecule has 2 amide bonds. The molecule has 7 rings (SSSR count). The number of amides is 2. The third kappa shape index (κ3) is 2.32. The van der Waals surface area contributed by atoms with Crippen molar-refractivity contribution in [2.24, 2.45) is 40.6 Å². The molecule has 0 unspecified atom stereocenters. The molecular weight excluding hydrogens is 374 g/mol. The third-order valence-electron chi connectivity index (χ3n) is 7.71. The number of allylic oxidation sites excluding steroid dienone is 2. The molecule has 5 heteroatoms. The maximum atomic E-state index is 13.1. The molecule has 0 N–H and O–H groups in total. The van der Waals surface area contributed by atoms with E-state index < -0.39 is 0 Å². The Bertz CT molecular complexity index is 1100. The molecular formula is C25H25N3O2. The molecule has 3 fully saturated rings. The predicted octanol–water partition coefficient (Wildman–Crippen LogP) is 3.79. The number of nitrogens with zero attached hydrogens (tertiary/aromatic N) is 3. The SMILES string of the molecule is Cc1ccc(-n2c(C)cc(/C=N\N3C(=O)[C@@H]4[C@H]5C=C[C@@H]([C@@H]6C[C@H]56)[C@H]4C3=O)c2C)cc1. The lowest BCUT2D eigenvalue weighted by Gasteiger charge is -2.37. The summed E-state index contributed by atoms with van der Waals surface area (Å²) < 4.78 is 2.17. The van der Waals surface area contributed by atoms with E-state index in [0.29, 0.717) is 11.8 Å². The van der Waals surface area contributed by atoms with Crippen molar-refractivity contribution in [1.82, 2.24) is 9.58 Å². The zero-order valence-corrected chi connectivity index (χ0v) is 17.4. The average Bonchev–Trinajstić information content (AvgIpc) is 3.46. The molecule has 1 saturated heterocycles. The van der Waals surface area contributed by atoms with Crippen molar-refractivity contribution >= 4 is 18.0 Å². The Morgan fingerprint density at radius 2 is 1.53 bits per heavy atom. The lowest BCUT2D eigenvalue weighted by molar-refractivity contribution is -0.140. The monoisotopic (exact) mass is 399 g/mol. The molecule has 1 aromatic heterocycles. The van der Waals surface area contributed by atoms with Crippen LogP contribution in [0.1, 0.15) is 28.9 Å². The fourth-order valence-corrected chi connectivity index (χ4v) is 6.18. The van der Waals surface area contributed by atoms with E-state index in [9.17, 15) is 9.59 Å². The van der Waals surface area contributed by atoms with E-state index in [0.717, 1.165) is 27.6 Å². The highest BCUT2D eigenvalue weighted by atomic mass is 16.2. The van der Waals surface area contributed by atoms with E-state index in [-0.39, 0.29) is 35.5 Å². The maximum Gasteiger partial charge on any atom is 0.254 e. The van der Waals surface area contributed by atoms with Gasteiger partial charge in [-0.15, -0.1) is 0 Å². The zero-order valence-electron chi connectivity index (χ0n) is 17.4. The van der Waals surface area contributed by atoms with Gasteiger partial charge in [0.2, 0.25) is 0 Å². The molecule has 2 heterocycles. The molecule has 5 nitrogen and oxygen atoms in total. The molecule has 5 aliphatic rings. The van der Waals surface area contributed by atoms with Crippen LogP contribution < -0.4 is 0 Å². The highest BCUT2D eigenvalue weighted by Crippen LogP contribution is 2.65. The van der Waals surface area contributed by atoms with Crippen molar-refractivity contribution in [3.05, 3.63) is 65.0 Å². The number of hydrogen-bond acceptors (Lipinski definition) is 3. The second-order valence-electron chi connectivity index (χ2n) is 9.38. The minimum atomic E-state index is -0.201. The number of carbonyl (C=O) groups is 2. The summed E-state index contributed by atoms with van der Waals surface area (Å²) in [6.07, 6.45) is 7.22. The van der Waals surface area contributed by atoms with Gasteiger partial charge in [0.05, 0.1) is 18.1 Å². The van der Waals surface area contributed by atoms with Gasteiger partial charge in [-0.3, -0.25) is 9.59 Å². The number of aromatic nitrogens is 1. The molecule has 2 aromatic rings. The van der Waals surface area contributed by atoms with Gasteiger partial charge in [-0.2, -0.15) is 10.1 Å². The Morgan fingerprint density at radius 1 is 0.933 bits per heavy atom. The smallest absolute Gasteiger partial charge is 0.254 e. The van der Waals surface area contributed by atoms with Crippen LogP contribution in [-0.2, 0) is 9.59 Å². The van der Waals surface area contributed by atoms with E-state index in [2.05, 4.69) is 66.0 Å². The first-order valence-corrected chi connectivity index (χ1v) is 10.8. The molecule has 0 spiro atoms. The summed E-state index contributed by atoms with van der Waals surface area (Å²) in [5.41, 5.74) is 5.37. The fourth-order valence-electron chi connectivity index (χ4n) is 6.18. The van der Waals surface area contributed by atoms with E-state index in [1.54, 1.807) is 6.21 Å². The van der Waals surface area contributed by atoms with Gasteiger partial charge >= 0.3 is 0 Å². The van der Waals surface area contributed by atoms with E-state index in [1.807, 2.05) is 6.92 Å². The van der Waals surface area contributed by atoms with E-state index >= 15 is 0 Å². The van der Waals surface area contributed by atoms with Gasteiger partial charge in [-0.1, -0.05) is 29.8 Å². The predicted molar refractivity (Wildman–Crippen MR) is 114 cm³/mol. The van der Waals surface area contributed by atoms with Gasteiger partial charge < -0.3 is 4.57 Å². The molecule has 2 bridgehead atoms. The van der Waals surface area contributed by atoms with Crippen molar-refractivity contribution in [2.45, 2.75) is 27.2 Å². The van der Waals surface area contributed by atoms with E-state index in [1.165, 1.54) is 12.0 Å². The molecule has 6 atom stereocenters. The summed E-state index contributed by atoms with van der Waals surface area (Å²) >= 11 is 0. The highest BCUT2D eigenvalue weighted by Gasteiger charge is 2.67. The number of hydrogen-bond donors (Lipinski definition) is 0. The lowest BCUT2D eigenvalue weighted by atomic mass is 9.63. The van der Waals surface area contributed by atoms with Crippen molar-refractivity contribution in [3.63, 3.8) is 0 Å². The number of aryl methyl sites for hydroxylation is 2. The van der Waals surface area contributed by atoms with Crippen LogP contribution in [0.5, 0.6) is 0 Å². The number of benzene rings is 1. The topological polar surface area (TPSA) is 54.7 Å². The summed E-state index contributed by atoms with van der Waals surface area (Å²) in [5.74, 6) is 1.05. The first kappa shape index (κ1) is 17.9. The van der Waals surface area contributed by atoms with Crippen LogP contribution in [0.25, 0.3) is 5.69 Å². The Hall–Kier alpha value is -2.95. The van der Waals surface area contributed by atoms with Crippen molar-refractivity contribution < 1.29 is 9.59 Å². The number of hydrazone groups is 1. The molecule has 30 heavy (non-hydrogen) atoms. The van der Waals surface area contributed by atoms with Gasteiger partial charge in [0, 0.05) is 22.6 Å². The first-order chi connectivity index (χ1) is 14.5. The summed E-state index contributed by atoms with van der Waals surface area (Å²) in [6.45, 7) is 6.17. The van der Waals surface area contributed by atoms with E-state index in [4.69, 9.17) is 0 Å². The second kappa shape index (κ2) is 6.03. The van der Waals surface area contributed by atoms with Crippen LogP contribution in [0.15, 0.2) is 47.6 Å². The fraction of sp³-hybridized carbons (Fsp3) is 0.400. The van der Waals surface area contributed by atoms with Gasteiger partial charge in [0.25, 0.3) is 11.8 Å². The summed E-state index contributed by atoms with van der Waals surface area (Å²) in [7, 11) is 0. The van der Waals surface area contributed by atoms with Crippen molar-refractivity contribution in [2.75, 3.05) is 0 Å². The minimum Gasteiger partial charge on any atom is -0.318 e. The number of rotatable bonds is 3. The number of imide groups is 1. The van der Waals surface area contributed by atoms with Crippen LogP contribution >= 0.6 is 0 Å². The summed E-state index contributed by atoms with van der Waals surface area (Å²) in [6, 6.07) is 10.4. The third-order valence-corrected chi connectivity index (χ3v) is 7.71. The molecule has 4 aliphatic carbocycles. The molecule has 1 aromatic carbocycles. The van der Waals surface area contributed by atoms with Crippen LogP contribution in [-0.4, -0.2) is 27.6 Å². The van der Waals surface area contributed by atoms with Crippen LogP contribution in [0.3, 0.4) is 0 Å². The normalized spacial score (nSPS) is 33.5. The average molecular weight is 399 g/mol. The Kier molecular flexibility index (Phi) is 3.59. The minimum absolute atomic E-state index is 0.113. The lowest BCUT2D eigenvalue weighted by Crippen LogP contribution is -2.40. The second-order valence-corrected chi connectivity index (χ2v) is 9.38. The zero-order chi connectivity index (χ0) is 20.7. The van der Waals surface area contributed by atoms with Gasteiger partial charge in [0.1, 0.15) is 0 Å². The summed E-state index contributed by atoms with van der Waals surface area (Å²) in [4.78, 5) is 26.2. The van der Waals surface area contributed by atoms with Crippen LogP contribution in [0.4, 0.5) is 0 Å². The Morgan fingerprint density at radius 3 is 2.13 bits per heavy atom. The van der Waals surface area contributed by atoms with Crippen molar-refractivity contribution in [3.8, 4) is 5.69 Å². The Labute approximate surface area is 176 Å². The van der Waals surface area contributed by atoms with Gasteiger partial charge in [0.15, 0.2) is 0 Å². The maximum absolute atomic E-state index is 13.1. The van der Waals surface area contributed by atoms with Gasteiger partial charge in [-0.25, -0.2) is 0 Å². The van der Waals surface area contributed by atoms with Crippen LogP contribution in [0.2, 0.25) is 0 Å². The van der Waals surface area contributed by atoms with Crippen molar-refractivity contribution in [1.29, 1.82) is 0 Å². The standard InChI is InChI=1S/C25H25N3O2/c1-13-4-6-17(7-5-13)27-14(2)10-16(15(27)3)12-26-28-24(29)22-18-8-9-19(21-11-20(18)21)23(22)25(28)30/h4-10,12,18-23H,11H2,1-3H3/b26-12-/t18-,19-,20-,21+,22+,23+/m0/s1. The Balaban J connectivity index is 1.30. The quantitative estimate of drug-likeness (QED) is 0.448. The first-order valence-electron chi connectivity index (χ1n) is 10.8. The highest BCUT2D eigenvalue weighted by molar-refractivity contribution is 6.06. The molecule has 2 saturated carbocycles. The largest absolute Gasteiger partial charge is 0.318 e. The molecule has 152 valence electrons. The molecule has 0 radical (unpaired) electrons.